The zero-order valence-electron chi connectivity index (χ0n) is 21.3. The van der Waals surface area contributed by atoms with Crippen LogP contribution in [-0.2, 0) is 13.0 Å². The summed E-state index contributed by atoms with van der Waals surface area (Å²) < 4.78 is 7.79. The van der Waals surface area contributed by atoms with E-state index in [-0.39, 0.29) is 17.4 Å². The fourth-order valence-corrected chi connectivity index (χ4v) is 6.15. The molecule has 0 aliphatic carbocycles. The summed E-state index contributed by atoms with van der Waals surface area (Å²) in [4.78, 5) is 35.7. The van der Waals surface area contributed by atoms with Crippen molar-refractivity contribution in [3.8, 4) is 16.9 Å². The molecule has 3 aliphatic rings. The number of aryl methyl sites for hydroxylation is 1. The molecule has 2 aromatic heterocycles. The van der Waals surface area contributed by atoms with Gasteiger partial charge in [0.25, 0.3) is 11.8 Å². The second kappa shape index (κ2) is 9.14. The molecule has 5 heterocycles. The zero-order valence-corrected chi connectivity index (χ0v) is 22.2. The highest BCUT2D eigenvalue weighted by molar-refractivity contribution is 7.17. The van der Waals surface area contributed by atoms with Crippen molar-refractivity contribution in [2.45, 2.75) is 39.3 Å². The molecule has 0 unspecified atom stereocenters. The number of hydrogen-bond acceptors (Lipinski definition) is 8. The van der Waals surface area contributed by atoms with Crippen molar-refractivity contribution in [3.05, 3.63) is 40.7 Å². The Bertz CT molecular complexity index is 1370. The van der Waals surface area contributed by atoms with Crippen LogP contribution in [0.2, 0.25) is 0 Å². The predicted molar refractivity (Wildman–Crippen MR) is 142 cm³/mol. The van der Waals surface area contributed by atoms with Crippen molar-refractivity contribution >= 4 is 34.0 Å². The van der Waals surface area contributed by atoms with Crippen molar-refractivity contribution in [2.75, 3.05) is 44.2 Å². The standard InChI is InChI=1S/C26H31N7O3S/c1-4-32-15-17(21(30-32)24(35)31-9-7-27-8-10-31)16-5-6-20-19(13-16)33(11-12-36-20)25-28-18-14-26(2,3)29-23(34)22(18)37-25/h5-6,13,15,27H,4,7-12,14H2,1-3H3,(H,29,34). The van der Waals surface area contributed by atoms with Gasteiger partial charge < -0.3 is 25.2 Å². The molecule has 3 aliphatic heterocycles. The molecule has 1 saturated heterocycles. The monoisotopic (exact) mass is 521 g/mol. The molecule has 11 heteroatoms. The topological polar surface area (TPSA) is 105 Å². The van der Waals surface area contributed by atoms with E-state index in [1.165, 1.54) is 11.3 Å². The van der Waals surface area contributed by atoms with Crippen molar-refractivity contribution in [2.24, 2.45) is 0 Å². The molecule has 0 spiro atoms. The van der Waals surface area contributed by atoms with Gasteiger partial charge in [0.05, 0.1) is 17.9 Å². The minimum absolute atomic E-state index is 0.0456. The molecule has 10 nitrogen and oxygen atoms in total. The fraction of sp³-hybridized carbons (Fsp3) is 0.462. The first-order valence-electron chi connectivity index (χ1n) is 12.8. The Kier molecular flexibility index (Phi) is 5.91. The van der Waals surface area contributed by atoms with Crippen LogP contribution in [0, 0.1) is 0 Å². The molecular formula is C26H31N7O3S. The Balaban J connectivity index is 1.38. The number of amides is 2. The summed E-state index contributed by atoms with van der Waals surface area (Å²) in [7, 11) is 0. The smallest absolute Gasteiger partial charge is 0.275 e. The number of hydrogen-bond donors (Lipinski definition) is 2. The lowest BCUT2D eigenvalue weighted by molar-refractivity contribution is 0.0729. The molecule has 0 radical (unpaired) electrons. The van der Waals surface area contributed by atoms with E-state index in [0.717, 1.165) is 46.5 Å². The number of aromatic nitrogens is 3. The molecule has 2 amide bonds. The van der Waals surface area contributed by atoms with Crippen molar-refractivity contribution in [1.82, 2.24) is 30.3 Å². The van der Waals surface area contributed by atoms with E-state index in [9.17, 15) is 9.59 Å². The maximum absolute atomic E-state index is 13.4. The van der Waals surface area contributed by atoms with Gasteiger partial charge in [-0.1, -0.05) is 17.4 Å². The minimum atomic E-state index is -0.321. The Morgan fingerprint density at radius 1 is 1.22 bits per heavy atom. The third-order valence-electron chi connectivity index (χ3n) is 7.01. The first-order chi connectivity index (χ1) is 17.8. The van der Waals surface area contributed by atoms with Gasteiger partial charge in [0.1, 0.15) is 17.2 Å². The second-order valence-electron chi connectivity index (χ2n) is 10.3. The molecule has 0 saturated carbocycles. The second-order valence-corrected chi connectivity index (χ2v) is 11.2. The summed E-state index contributed by atoms with van der Waals surface area (Å²) in [5, 5.41) is 11.8. The van der Waals surface area contributed by atoms with Crippen molar-refractivity contribution in [3.63, 3.8) is 0 Å². The maximum Gasteiger partial charge on any atom is 0.275 e. The molecule has 2 N–H and O–H groups in total. The summed E-state index contributed by atoms with van der Waals surface area (Å²) in [6.07, 6.45) is 2.63. The average Bonchev–Trinajstić information content (AvgIpc) is 3.52. The van der Waals surface area contributed by atoms with Gasteiger partial charge in [-0.05, 0) is 38.5 Å². The summed E-state index contributed by atoms with van der Waals surface area (Å²) in [6.45, 7) is 10.8. The molecule has 37 heavy (non-hydrogen) atoms. The van der Waals surface area contributed by atoms with Gasteiger partial charge in [-0.2, -0.15) is 5.10 Å². The van der Waals surface area contributed by atoms with Crippen LogP contribution in [-0.4, -0.2) is 76.3 Å². The first kappa shape index (κ1) is 23.9. The molecule has 6 rings (SSSR count). The summed E-state index contributed by atoms with van der Waals surface area (Å²) >= 11 is 1.41. The van der Waals surface area contributed by atoms with Crippen LogP contribution in [0.4, 0.5) is 10.8 Å². The number of carbonyl (C=O) groups excluding carboxylic acids is 2. The Morgan fingerprint density at radius 3 is 2.81 bits per heavy atom. The number of fused-ring (bicyclic) bond motifs is 2. The highest BCUT2D eigenvalue weighted by atomic mass is 32.1. The number of nitrogens with one attached hydrogen (secondary N) is 2. The van der Waals surface area contributed by atoms with Gasteiger partial charge >= 0.3 is 0 Å². The normalized spacial score (nSPS) is 18.6. The summed E-state index contributed by atoms with van der Waals surface area (Å²) in [5.41, 5.74) is 3.56. The van der Waals surface area contributed by atoms with Gasteiger partial charge in [-0.3, -0.25) is 14.3 Å². The van der Waals surface area contributed by atoms with E-state index in [0.29, 0.717) is 49.8 Å². The zero-order chi connectivity index (χ0) is 25.7. The Hall–Kier alpha value is -3.44. The lowest BCUT2D eigenvalue weighted by atomic mass is 9.94. The lowest BCUT2D eigenvalue weighted by Crippen LogP contribution is -2.48. The van der Waals surface area contributed by atoms with Gasteiger partial charge in [-0.25, -0.2) is 4.98 Å². The van der Waals surface area contributed by atoms with Gasteiger partial charge in [-0.15, -0.1) is 0 Å². The van der Waals surface area contributed by atoms with Gasteiger partial charge in [0, 0.05) is 56.4 Å². The van der Waals surface area contributed by atoms with E-state index in [1.54, 1.807) is 0 Å². The summed E-state index contributed by atoms with van der Waals surface area (Å²) in [6, 6.07) is 5.98. The summed E-state index contributed by atoms with van der Waals surface area (Å²) in [5.74, 6) is 0.641. The molecule has 1 fully saturated rings. The predicted octanol–water partition coefficient (Wildman–Crippen LogP) is 2.67. The Labute approximate surface area is 219 Å². The highest BCUT2D eigenvalue weighted by Gasteiger charge is 2.35. The van der Waals surface area contributed by atoms with Crippen LogP contribution in [0.25, 0.3) is 11.1 Å². The minimum Gasteiger partial charge on any atom is -0.490 e. The third kappa shape index (κ3) is 4.36. The van der Waals surface area contributed by atoms with Crippen LogP contribution in [0.15, 0.2) is 24.4 Å². The SMILES string of the molecule is CCn1cc(-c2ccc3c(c2)N(c2nc4c(s2)C(=O)NC(C)(C)C4)CCO3)c(C(=O)N2CCNCC2)n1. The van der Waals surface area contributed by atoms with Crippen LogP contribution >= 0.6 is 11.3 Å². The number of benzene rings is 1. The van der Waals surface area contributed by atoms with Crippen molar-refractivity contribution in [1.29, 1.82) is 0 Å². The Morgan fingerprint density at radius 2 is 2.03 bits per heavy atom. The molecule has 3 aromatic rings. The number of anilines is 2. The first-order valence-corrected chi connectivity index (χ1v) is 13.6. The van der Waals surface area contributed by atoms with Gasteiger partial charge in [0.2, 0.25) is 0 Å². The number of ether oxygens (including phenoxy) is 1. The number of nitrogens with zero attached hydrogens (tertiary/aromatic N) is 5. The fourth-order valence-electron chi connectivity index (χ4n) is 5.13. The van der Waals surface area contributed by atoms with Crippen LogP contribution in [0.3, 0.4) is 0 Å². The van der Waals surface area contributed by atoms with E-state index in [4.69, 9.17) is 9.72 Å². The molecular weight excluding hydrogens is 490 g/mol. The number of carbonyl (C=O) groups is 2. The quantitative estimate of drug-likeness (QED) is 0.544. The number of rotatable bonds is 4. The van der Waals surface area contributed by atoms with E-state index in [1.807, 2.05) is 54.7 Å². The van der Waals surface area contributed by atoms with E-state index >= 15 is 0 Å². The van der Waals surface area contributed by atoms with Crippen LogP contribution in [0.5, 0.6) is 5.75 Å². The number of thiazole rings is 1. The van der Waals surface area contributed by atoms with E-state index in [2.05, 4.69) is 20.6 Å². The van der Waals surface area contributed by atoms with E-state index < -0.39 is 0 Å². The average molecular weight is 522 g/mol. The van der Waals surface area contributed by atoms with Crippen LogP contribution in [0.1, 0.15) is 46.6 Å². The van der Waals surface area contributed by atoms with Crippen molar-refractivity contribution < 1.29 is 14.3 Å². The largest absolute Gasteiger partial charge is 0.490 e. The molecule has 1 aromatic carbocycles. The highest BCUT2D eigenvalue weighted by Crippen LogP contribution is 2.42. The maximum atomic E-state index is 13.4. The third-order valence-corrected chi connectivity index (χ3v) is 8.13. The number of piperazine rings is 1. The van der Waals surface area contributed by atoms with Crippen LogP contribution < -0.4 is 20.3 Å². The molecule has 0 atom stereocenters. The molecule has 194 valence electrons. The molecule has 0 bridgehead atoms. The van der Waals surface area contributed by atoms with Gasteiger partial charge in [0.15, 0.2) is 10.8 Å². The lowest BCUT2D eigenvalue weighted by Gasteiger charge is -2.30.